The summed E-state index contributed by atoms with van der Waals surface area (Å²) < 4.78 is 12.1. The molecule has 5 nitrogen and oxygen atoms in total. The molecule has 3 atom stereocenters. The lowest BCUT2D eigenvalue weighted by Crippen LogP contribution is -2.54. The SMILES string of the molecule is C[C@@H](N)[C@H]1[C@@H](O[Si](C)(C)C(C)(C)C)CCN1C(=O)OC(C)(C)C. The molecule has 23 heavy (non-hydrogen) atoms. The zero-order valence-electron chi connectivity index (χ0n) is 16.4. The summed E-state index contributed by atoms with van der Waals surface area (Å²) in [5, 5.41) is 0.134. The molecule has 0 unspecified atom stereocenters. The van der Waals surface area contributed by atoms with Gasteiger partial charge in [-0.2, -0.15) is 0 Å². The molecule has 1 heterocycles. The van der Waals surface area contributed by atoms with E-state index in [1.807, 2.05) is 27.7 Å². The molecule has 0 spiro atoms. The number of nitrogens with zero attached hydrogens (tertiary/aromatic N) is 1. The van der Waals surface area contributed by atoms with Gasteiger partial charge in [-0.25, -0.2) is 4.79 Å². The molecule has 0 radical (unpaired) electrons. The van der Waals surface area contributed by atoms with Crippen LogP contribution in [0.25, 0.3) is 0 Å². The van der Waals surface area contributed by atoms with Crippen LogP contribution in [0.3, 0.4) is 0 Å². The first kappa shape index (κ1) is 20.5. The summed E-state index contributed by atoms with van der Waals surface area (Å²) in [4.78, 5) is 14.2. The van der Waals surface area contributed by atoms with E-state index in [1.54, 1.807) is 4.90 Å². The average Bonchev–Trinajstić information content (AvgIpc) is 2.67. The number of hydrogen-bond acceptors (Lipinski definition) is 4. The molecule has 1 saturated heterocycles. The molecule has 0 aromatic rings. The van der Waals surface area contributed by atoms with Crippen LogP contribution in [0.15, 0.2) is 0 Å². The Morgan fingerprint density at radius 2 is 1.74 bits per heavy atom. The second kappa shape index (κ2) is 6.73. The van der Waals surface area contributed by atoms with Crippen molar-refractivity contribution in [1.29, 1.82) is 0 Å². The highest BCUT2D eigenvalue weighted by Gasteiger charge is 2.47. The van der Waals surface area contributed by atoms with Crippen LogP contribution in [-0.2, 0) is 9.16 Å². The predicted octanol–water partition coefficient (Wildman–Crippen LogP) is 3.73. The molecule has 1 fully saturated rings. The first-order chi connectivity index (χ1) is 10.2. The van der Waals surface area contributed by atoms with E-state index in [-0.39, 0.29) is 29.3 Å². The van der Waals surface area contributed by atoms with Gasteiger partial charge in [0.2, 0.25) is 0 Å². The van der Waals surface area contributed by atoms with Gasteiger partial charge in [0.15, 0.2) is 8.32 Å². The average molecular weight is 345 g/mol. The van der Waals surface area contributed by atoms with E-state index >= 15 is 0 Å². The van der Waals surface area contributed by atoms with Crippen molar-refractivity contribution in [1.82, 2.24) is 4.90 Å². The monoisotopic (exact) mass is 344 g/mol. The van der Waals surface area contributed by atoms with Crippen LogP contribution >= 0.6 is 0 Å². The molecule has 1 rings (SSSR count). The Labute approximate surface area is 143 Å². The van der Waals surface area contributed by atoms with Crippen molar-refractivity contribution >= 4 is 14.4 Å². The van der Waals surface area contributed by atoms with Gasteiger partial charge in [0.25, 0.3) is 0 Å². The molecular weight excluding hydrogens is 308 g/mol. The molecule has 6 heteroatoms. The third kappa shape index (κ3) is 5.19. The standard InChI is InChI=1S/C17H36N2O3Si/c1-12(18)14-13(22-23(8,9)17(5,6)7)10-11-19(14)15(20)21-16(2,3)4/h12-14H,10-11,18H2,1-9H3/t12-,13+,14+/m1/s1. The molecule has 2 N–H and O–H groups in total. The quantitative estimate of drug-likeness (QED) is 0.792. The maximum atomic E-state index is 12.5. The summed E-state index contributed by atoms with van der Waals surface area (Å²) in [5.41, 5.74) is 5.69. The third-order valence-corrected chi connectivity index (χ3v) is 9.32. The molecule has 0 saturated carbocycles. The predicted molar refractivity (Wildman–Crippen MR) is 97.1 cm³/mol. The highest BCUT2D eigenvalue weighted by atomic mass is 28.4. The smallest absolute Gasteiger partial charge is 0.410 e. The minimum absolute atomic E-state index is 0.0107. The lowest BCUT2D eigenvalue weighted by atomic mass is 10.1. The van der Waals surface area contributed by atoms with Gasteiger partial charge in [-0.1, -0.05) is 20.8 Å². The third-order valence-electron chi connectivity index (χ3n) is 4.81. The van der Waals surface area contributed by atoms with E-state index in [0.29, 0.717) is 6.54 Å². The number of ether oxygens (including phenoxy) is 1. The molecule has 0 aromatic heterocycles. The number of carbonyl (C=O) groups excluding carboxylic acids is 1. The second-order valence-electron chi connectivity index (χ2n) is 9.23. The maximum Gasteiger partial charge on any atom is 0.410 e. The molecule has 1 aliphatic rings. The van der Waals surface area contributed by atoms with Gasteiger partial charge in [-0.05, 0) is 52.2 Å². The van der Waals surface area contributed by atoms with Crippen molar-refractivity contribution in [2.24, 2.45) is 5.73 Å². The van der Waals surface area contributed by atoms with Crippen molar-refractivity contribution in [3.05, 3.63) is 0 Å². The van der Waals surface area contributed by atoms with Gasteiger partial charge in [0.1, 0.15) is 5.60 Å². The first-order valence-corrected chi connectivity index (χ1v) is 11.5. The Balaban J connectivity index is 2.91. The van der Waals surface area contributed by atoms with Crippen molar-refractivity contribution in [3.63, 3.8) is 0 Å². The summed E-state index contributed by atoms with van der Waals surface area (Å²) in [6.07, 6.45) is 0.516. The fourth-order valence-electron chi connectivity index (χ4n) is 2.63. The lowest BCUT2D eigenvalue weighted by molar-refractivity contribution is 0.0138. The van der Waals surface area contributed by atoms with E-state index in [2.05, 4.69) is 33.9 Å². The minimum atomic E-state index is -1.90. The summed E-state index contributed by atoms with van der Waals surface area (Å²) in [6, 6.07) is -0.279. The second-order valence-corrected chi connectivity index (χ2v) is 14.0. The van der Waals surface area contributed by atoms with Crippen LogP contribution in [-0.4, -0.2) is 49.6 Å². The van der Waals surface area contributed by atoms with E-state index in [9.17, 15) is 4.79 Å². The zero-order valence-corrected chi connectivity index (χ0v) is 17.4. The molecule has 1 amide bonds. The van der Waals surface area contributed by atoms with Crippen LogP contribution in [0.1, 0.15) is 54.9 Å². The topological polar surface area (TPSA) is 64.8 Å². The number of hydrogen-bond donors (Lipinski definition) is 1. The molecule has 0 aliphatic carbocycles. The molecule has 1 aliphatic heterocycles. The number of nitrogens with two attached hydrogens (primary N) is 1. The Morgan fingerprint density at radius 1 is 1.22 bits per heavy atom. The molecule has 136 valence electrons. The maximum absolute atomic E-state index is 12.5. The largest absolute Gasteiger partial charge is 0.444 e. The highest BCUT2D eigenvalue weighted by Crippen LogP contribution is 2.39. The van der Waals surface area contributed by atoms with Crippen molar-refractivity contribution in [2.45, 2.75) is 96.8 Å². The summed E-state index contributed by atoms with van der Waals surface area (Å²) >= 11 is 0. The number of amides is 1. The Kier molecular flexibility index (Phi) is 5.98. The number of rotatable bonds is 3. The lowest BCUT2D eigenvalue weighted by Gasteiger charge is -2.41. The van der Waals surface area contributed by atoms with E-state index < -0.39 is 13.9 Å². The van der Waals surface area contributed by atoms with E-state index in [1.165, 1.54) is 0 Å². The van der Waals surface area contributed by atoms with Crippen LogP contribution < -0.4 is 5.73 Å². The van der Waals surface area contributed by atoms with Crippen molar-refractivity contribution in [2.75, 3.05) is 6.54 Å². The Hall–Kier alpha value is -0.593. The fourth-order valence-corrected chi connectivity index (χ4v) is 3.99. The number of carbonyl (C=O) groups is 1. The molecule has 0 bridgehead atoms. The van der Waals surface area contributed by atoms with Gasteiger partial charge in [-0.15, -0.1) is 0 Å². The van der Waals surface area contributed by atoms with Crippen LogP contribution in [0.5, 0.6) is 0 Å². The van der Waals surface area contributed by atoms with Crippen LogP contribution in [0, 0.1) is 0 Å². The highest BCUT2D eigenvalue weighted by molar-refractivity contribution is 6.74. The van der Waals surface area contributed by atoms with Crippen molar-refractivity contribution < 1.29 is 14.0 Å². The summed E-state index contributed by atoms with van der Waals surface area (Å²) in [5.74, 6) is 0. The fraction of sp³-hybridized carbons (Fsp3) is 0.941. The zero-order chi connectivity index (χ0) is 18.2. The van der Waals surface area contributed by atoms with Gasteiger partial charge in [-0.3, -0.25) is 0 Å². The Morgan fingerprint density at radius 3 is 2.13 bits per heavy atom. The molecular formula is C17H36N2O3Si. The van der Waals surface area contributed by atoms with Crippen LogP contribution in [0.4, 0.5) is 4.79 Å². The van der Waals surface area contributed by atoms with Gasteiger partial charge < -0.3 is 19.8 Å². The summed E-state index contributed by atoms with van der Waals surface area (Å²) in [6.45, 7) is 19.4. The minimum Gasteiger partial charge on any atom is -0.444 e. The normalized spacial score (nSPS) is 24.7. The summed E-state index contributed by atoms with van der Waals surface area (Å²) in [7, 11) is -1.90. The first-order valence-electron chi connectivity index (χ1n) is 8.59. The number of likely N-dealkylation sites (tertiary alicyclic amines) is 1. The van der Waals surface area contributed by atoms with Gasteiger partial charge in [0.05, 0.1) is 12.1 Å². The van der Waals surface area contributed by atoms with Gasteiger partial charge >= 0.3 is 6.09 Å². The van der Waals surface area contributed by atoms with E-state index in [4.69, 9.17) is 14.9 Å². The van der Waals surface area contributed by atoms with Crippen LogP contribution in [0.2, 0.25) is 18.1 Å². The molecule has 0 aromatic carbocycles. The van der Waals surface area contributed by atoms with Gasteiger partial charge in [0, 0.05) is 12.6 Å². The van der Waals surface area contributed by atoms with E-state index in [0.717, 1.165) is 6.42 Å². The van der Waals surface area contributed by atoms with Crippen molar-refractivity contribution in [3.8, 4) is 0 Å². The Bertz CT molecular complexity index is 425.